The van der Waals surface area contributed by atoms with Gasteiger partial charge in [0.05, 0.1) is 11.6 Å². The van der Waals surface area contributed by atoms with E-state index < -0.39 is 5.60 Å². The van der Waals surface area contributed by atoms with E-state index in [1.54, 1.807) is 0 Å². The molecule has 1 aliphatic heterocycles. The Hall–Kier alpha value is -0.360. The number of nitrogens with one attached hydrogen (secondary N) is 1. The molecule has 0 aromatic carbocycles. The van der Waals surface area contributed by atoms with Gasteiger partial charge in [0.1, 0.15) is 5.76 Å². The van der Waals surface area contributed by atoms with Gasteiger partial charge in [-0.25, -0.2) is 0 Å². The molecule has 96 valence electrons. The van der Waals surface area contributed by atoms with E-state index in [0.717, 1.165) is 10.4 Å². The van der Waals surface area contributed by atoms with Crippen LogP contribution in [0.15, 0.2) is 21.2 Å². The Kier molecular flexibility index (Phi) is 4.25. The number of halogens is 1. The van der Waals surface area contributed by atoms with Gasteiger partial charge in [-0.3, -0.25) is 0 Å². The third-order valence-corrected chi connectivity index (χ3v) is 3.61. The van der Waals surface area contributed by atoms with Crippen LogP contribution < -0.4 is 5.32 Å². The second-order valence-electron chi connectivity index (χ2n) is 4.58. The van der Waals surface area contributed by atoms with Crippen LogP contribution in [0.25, 0.3) is 0 Å². The summed E-state index contributed by atoms with van der Waals surface area (Å²) in [5.41, 5.74) is -0.643. The van der Waals surface area contributed by atoms with Crippen LogP contribution in [-0.4, -0.2) is 30.5 Å². The molecular formula is C12H18BrNO3. The molecule has 2 N–H and O–H groups in total. The number of hydrogen-bond acceptors (Lipinski definition) is 4. The molecule has 4 nitrogen and oxygen atoms in total. The summed E-state index contributed by atoms with van der Waals surface area (Å²) < 4.78 is 11.4. The van der Waals surface area contributed by atoms with E-state index >= 15 is 0 Å². The Balaban J connectivity index is 1.85. The van der Waals surface area contributed by atoms with Crippen molar-refractivity contribution in [3.8, 4) is 0 Å². The number of rotatable bonds is 4. The average molecular weight is 304 g/mol. The Morgan fingerprint density at radius 1 is 1.47 bits per heavy atom. The molecule has 2 heterocycles. The first-order valence-electron chi connectivity index (χ1n) is 5.88. The minimum atomic E-state index is -0.643. The molecule has 1 aromatic rings. The molecule has 0 radical (unpaired) electrons. The first-order valence-corrected chi connectivity index (χ1v) is 6.67. The van der Waals surface area contributed by atoms with E-state index in [-0.39, 0.29) is 6.04 Å². The van der Waals surface area contributed by atoms with Gasteiger partial charge in [-0.2, -0.15) is 0 Å². The highest BCUT2D eigenvalue weighted by molar-refractivity contribution is 9.10. The van der Waals surface area contributed by atoms with Gasteiger partial charge in [-0.1, -0.05) is 0 Å². The van der Waals surface area contributed by atoms with Crippen molar-refractivity contribution in [2.75, 3.05) is 19.8 Å². The second-order valence-corrected chi connectivity index (χ2v) is 5.36. The molecule has 0 saturated carbocycles. The van der Waals surface area contributed by atoms with E-state index in [1.807, 2.05) is 19.1 Å². The summed E-state index contributed by atoms with van der Waals surface area (Å²) in [6, 6.07) is 3.89. The molecule has 2 rings (SSSR count). The second kappa shape index (κ2) is 5.52. The summed E-state index contributed by atoms with van der Waals surface area (Å²) in [6.45, 7) is 3.86. The maximum atomic E-state index is 10.3. The zero-order valence-electron chi connectivity index (χ0n) is 9.91. The normalized spacial score (nSPS) is 21.4. The maximum absolute atomic E-state index is 10.3. The molecule has 1 aromatic heterocycles. The molecule has 0 spiro atoms. The lowest BCUT2D eigenvalue weighted by atomic mass is 9.94. The van der Waals surface area contributed by atoms with Gasteiger partial charge in [0.2, 0.25) is 0 Å². The van der Waals surface area contributed by atoms with Crippen molar-refractivity contribution in [3.63, 3.8) is 0 Å². The van der Waals surface area contributed by atoms with Crippen LogP contribution >= 0.6 is 15.9 Å². The predicted molar refractivity (Wildman–Crippen MR) is 67.8 cm³/mol. The van der Waals surface area contributed by atoms with Crippen molar-refractivity contribution in [3.05, 3.63) is 22.6 Å². The maximum Gasteiger partial charge on any atom is 0.169 e. The quantitative estimate of drug-likeness (QED) is 0.896. The molecule has 1 atom stereocenters. The molecule has 1 fully saturated rings. The van der Waals surface area contributed by atoms with Gasteiger partial charge in [0.15, 0.2) is 4.67 Å². The third-order valence-electron chi connectivity index (χ3n) is 3.18. The van der Waals surface area contributed by atoms with Crippen LogP contribution in [0.5, 0.6) is 0 Å². The SMILES string of the molecule is CC(NCC1(O)CCOCC1)c1ccc(Br)o1. The van der Waals surface area contributed by atoms with E-state index in [4.69, 9.17) is 9.15 Å². The monoisotopic (exact) mass is 303 g/mol. The lowest BCUT2D eigenvalue weighted by molar-refractivity contribution is -0.0628. The highest BCUT2D eigenvalue weighted by Crippen LogP contribution is 2.23. The summed E-state index contributed by atoms with van der Waals surface area (Å²) in [5.74, 6) is 0.868. The summed E-state index contributed by atoms with van der Waals surface area (Å²) in [4.78, 5) is 0. The van der Waals surface area contributed by atoms with Crippen molar-refractivity contribution < 1.29 is 14.3 Å². The van der Waals surface area contributed by atoms with Crippen LogP contribution in [0.3, 0.4) is 0 Å². The van der Waals surface area contributed by atoms with E-state index in [2.05, 4.69) is 21.2 Å². The van der Waals surface area contributed by atoms with Gasteiger partial charge in [-0.15, -0.1) is 0 Å². The Labute approximate surface area is 109 Å². The Morgan fingerprint density at radius 2 is 2.18 bits per heavy atom. The van der Waals surface area contributed by atoms with Gasteiger partial charge < -0.3 is 19.6 Å². The molecule has 1 saturated heterocycles. The van der Waals surface area contributed by atoms with Gasteiger partial charge in [0.25, 0.3) is 0 Å². The van der Waals surface area contributed by atoms with E-state index in [1.165, 1.54) is 0 Å². The van der Waals surface area contributed by atoms with Crippen LogP contribution in [0, 0.1) is 0 Å². The number of aliphatic hydroxyl groups is 1. The summed E-state index contributed by atoms with van der Waals surface area (Å²) >= 11 is 3.28. The standard InChI is InChI=1S/C12H18BrNO3/c1-9(10-2-3-11(13)17-10)14-8-12(15)4-6-16-7-5-12/h2-3,9,14-15H,4-8H2,1H3. The van der Waals surface area contributed by atoms with Gasteiger partial charge >= 0.3 is 0 Å². The van der Waals surface area contributed by atoms with Crippen LogP contribution in [0.2, 0.25) is 0 Å². The predicted octanol–water partition coefficient (Wildman–Crippen LogP) is 2.23. The lowest BCUT2D eigenvalue weighted by Crippen LogP contribution is -2.45. The zero-order chi connectivity index (χ0) is 12.3. The lowest BCUT2D eigenvalue weighted by Gasteiger charge is -2.33. The van der Waals surface area contributed by atoms with Crippen molar-refractivity contribution in [1.82, 2.24) is 5.32 Å². The minimum Gasteiger partial charge on any atom is -0.453 e. The third kappa shape index (κ3) is 3.55. The van der Waals surface area contributed by atoms with Crippen LogP contribution in [-0.2, 0) is 4.74 Å². The molecular weight excluding hydrogens is 286 g/mol. The fourth-order valence-electron chi connectivity index (χ4n) is 1.93. The largest absolute Gasteiger partial charge is 0.453 e. The van der Waals surface area contributed by atoms with Crippen LogP contribution in [0.1, 0.15) is 31.6 Å². The van der Waals surface area contributed by atoms with Crippen molar-refractivity contribution in [1.29, 1.82) is 0 Å². The molecule has 0 aliphatic carbocycles. The molecule has 5 heteroatoms. The van der Waals surface area contributed by atoms with Crippen molar-refractivity contribution in [2.45, 2.75) is 31.4 Å². The van der Waals surface area contributed by atoms with E-state index in [9.17, 15) is 5.11 Å². The first kappa shape index (κ1) is 13.1. The average Bonchev–Trinajstić information content (AvgIpc) is 2.74. The van der Waals surface area contributed by atoms with E-state index in [0.29, 0.717) is 32.6 Å². The molecule has 1 unspecified atom stereocenters. The minimum absolute atomic E-state index is 0.0909. The zero-order valence-corrected chi connectivity index (χ0v) is 11.5. The number of furan rings is 1. The number of ether oxygens (including phenoxy) is 1. The van der Waals surface area contributed by atoms with Crippen LogP contribution in [0.4, 0.5) is 0 Å². The number of hydrogen-bond donors (Lipinski definition) is 2. The first-order chi connectivity index (χ1) is 8.09. The summed E-state index contributed by atoms with van der Waals surface area (Å²) in [5, 5.41) is 13.6. The van der Waals surface area contributed by atoms with Gasteiger partial charge in [-0.05, 0) is 35.0 Å². The molecule has 0 amide bonds. The summed E-state index contributed by atoms with van der Waals surface area (Å²) in [6.07, 6.45) is 1.38. The highest BCUT2D eigenvalue weighted by Gasteiger charge is 2.30. The Bertz CT molecular complexity index is 360. The topological polar surface area (TPSA) is 54.6 Å². The molecule has 17 heavy (non-hydrogen) atoms. The smallest absolute Gasteiger partial charge is 0.169 e. The Morgan fingerprint density at radius 3 is 2.76 bits per heavy atom. The summed E-state index contributed by atoms with van der Waals surface area (Å²) in [7, 11) is 0. The van der Waals surface area contributed by atoms with Crippen molar-refractivity contribution in [2.24, 2.45) is 0 Å². The molecule has 0 bridgehead atoms. The fourth-order valence-corrected chi connectivity index (χ4v) is 2.25. The fraction of sp³-hybridized carbons (Fsp3) is 0.667. The highest BCUT2D eigenvalue weighted by atomic mass is 79.9. The molecule has 1 aliphatic rings. The van der Waals surface area contributed by atoms with Gasteiger partial charge in [0, 0.05) is 32.6 Å². The van der Waals surface area contributed by atoms with Crippen molar-refractivity contribution >= 4 is 15.9 Å².